The van der Waals surface area contributed by atoms with E-state index in [9.17, 15) is 9.59 Å². The first kappa shape index (κ1) is 18.0. The highest BCUT2D eigenvalue weighted by molar-refractivity contribution is 5.92. The summed E-state index contributed by atoms with van der Waals surface area (Å²) in [6.07, 6.45) is 2.73. The highest BCUT2D eigenvalue weighted by Crippen LogP contribution is 2.09. The average Bonchev–Trinajstić information content (AvgIpc) is 2.60. The van der Waals surface area contributed by atoms with Gasteiger partial charge in [0.1, 0.15) is 11.5 Å². The Kier molecular flexibility index (Phi) is 6.34. The van der Waals surface area contributed by atoms with Crippen molar-refractivity contribution in [2.24, 2.45) is 5.92 Å². The predicted octanol–water partition coefficient (Wildman–Crippen LogP) is 1.46. The van der Waals surface area contributed by atoms with Crippen LogP contribution in [0.5, 0.6) is 0 Å². The molecule has 1 aromatic rings. The maximum absolute atomic E-state index is 12.4. The van der Waals surface area contributed by atoms with Crippen molar-refractivity contribution in [2.75, 3.05) is 44.6 Å². The van der Waals surface area contributed by atoms with Crippen molar-refractivity contribution < 1.29 is 14.3 Å². The maximum Gasteiger partial charge on any atom is 0.409 e. The van der Waals surface area contributed by atoms with E-state index >= 15 is 0 Å². The zero-order valence-electron chi connectivity index (χ0n) is 14.5. The summed E-state index contributed by atoms with van der Waals surface area (Å²) >= 11 is 0. The van der Waals surface area contributed by atoms with Crippen molar-refractivity contribution in [3.05, 3.63) is 18.1 Å². The largest absolute Gasteiger partial charge is 0.450 e. The summed E-state index contributed by atoms with van der Waals surface area (Å²) in [5, 5.41) is 3.16. The second kappa shape index (κ2) is 8.47. The van der Waals surface area contributed by atoms with Gasteiger partial charge >= 0.3 is 6.09 Å². The first-order chi connectivity index (χ1) is 11.5. The zero-order valence-corrected chi connectivity index (χ0v) is 14.5. The Morgan fingerprint density at radius 1 is 1.17 bits per heavy atom. The standard InChI is InChI=1S/C16H25N5O3/c1-4-24-16(23)21-7-5-20(6-8-21)15(22)13-10-19-14(11-17-13)18-9-12(2)3/h10-12H,4-9H2,1-3H3,(H,18,19). The fraction of sp³-hybridized carbons (Fsp3) is 0.625. The summed E-state index contributed by atoms with van der Waals surface area (Å²) in [7, 11) is 0. The zero-order chi connectivity index (χ0) is 17.5. The number of carbonyl (C=O) groups is 2. The quantitative estimate of drug-likeness (QED) is 0.876. The van der Waals surface area contributed by atoms with E-state index in [1.807, 2.05) is 0 Å². The lowest BCUT2D eigenvalue weighted by Crippen LogP contribution is -2.50. The maximum atomic E-state index is 12.4. The highest BCUT2D eigenvalue weighted by Gasteiger charge is 2.26. The summed E-state index contributed by atoms with van der Waals surface area (Å²) in [4.78, 5) is 35.8. The summed E-state index contributed by atoms with van der Waals surface area (Å²) in [5.74, 6) is 0.998. The Bertz CT molecular complexity index is 553. The fourth-order valence-electron chi connectivity index (χ4n) is 2.31. The number of nitrogens with one attached hydrogen (secondary N) is 1. The van der Waals surface area contributed by atoms with Crippen molar-refractivity contribution in [1.82, 2.24) is 19.8 Å². The summed E-state index contributed by atoms with van der Waals surface area (Å²) < 4.78 is 4.97. The van der Waals surface area contributed by atoms with Crippen molar-refractivity contribution in [3.63, 3.8) is 0 Å². The molecule has 0 radical (unpaired) electrons. The molecule has 1 aliphatic heterocycles. The monoisotopic (exact) mass is 335 g/mol. The van der Waals surface area contributed by atoms with Crippen LogP contribution in [0.3, 0.4) is 0 Å². The fourth-order valence-corrected chi connectivity index (χ4v) is 2.31. The van der Waals surface area contributed by atoms with Gasteiger partial charge in [0.25, 0.3) is 5.91 Å². The predicted molar refractivity (Wildman–Crippen MR) is 89.9 cm³/mol. The molecule has 8 nitrogen and oxygen atoms in total. The van der Waals surface area contributed by atoms with Crippen LogP contribution in [0.15, 0.2) is 12.4 Å². The molecule has 0 aromatic carbocycles. The smallest absolute Gasteiger partial charge is 0.409 e. The van der Waals surface area contributed by atoms with Crippen molar-refractivity contribution in [1.29, 1.82) is 0 Å². The van der Waals surface area contributed by atoms with E-state index < -0.39 is 0 Å². The third-order valence-electron chi connectivity index (χ3n) is 3.66. The number of hydrogen-bond donors (Lipinski definition) is 1. The van der Waals surface area contributed by atoms with Crippen molar-refractivity contribution in [3.8, 4) is 0 Å². The van der Waals surface area contributed by atoms with E-state index in [0.29, 0.717) is 50.2 Å². The number of hydrogen-bond acceptors (Lipinski definition) is 6. The lowest BCUT2D eigenvalue weighted by Gasteiger charge is -2.33. The molecule has 0 atom stereocenters. The molecular weight excluding hydrogens is 310 g/mol. The molecule has 1 fully saturated rings. The van der Waals surface area contributed by atoms with Crippen LogP contribution in [0.4, 0.5) is 10.6 Å². The molecule has 0 aliphatic carbocycles. The second-order valence-electron chi connectivity index (χ2n) is 6.04. The van der Waals surface area contributed by atoms with Crippen LogP contribution in [-0.4, -0.2) is 71.1 Å². The van der Waals surface area contributed by atoms with Crippen LogP contribution in [0, 0.1) is 5.92 Å². The van der Waals surface area contributed by atoms with Crippen LogP contribution in [0.2, 0.25) is 0 Å². The molecule has 1 saturated heterocycles. The van der Waals surface area contributed by atoms with Gasteiger partial charge in [0.05, 0.1) is 19.0 Å². The molecule has 2 rings (SSSR count). The van der Waals surface area contributed by atoms with Gasteiger partial charge in [-0.1, -0.05) is 13.8 Å². The normalized spacial score (nSPS) is 14.7. The first-order valence-corrected chi connectivity index (χ1v) is 8.28. The Hall–Kier alpha value is -2.38. The summed E-state index contributed by atoms with van der Waals surface area (Å²) in [6, 6.07) is 0. The third kappa shape index (κ3) is 4.81. The van der Waals surface area contributed by atoms with Crippen LogP contribution in [-0.2, 0) is 4.74 Å². The number of anilines is 1. The molecule has 24 heavy (non-hydrogen) atoms. The molecule has 0 saturated carbocycles. The van der Waals surface area contributed by atoms with Crippen LogP contribution in [0.1, 0.15) is 31.3 Å². The van der Waals surface area contributed by atoms with E-state index in [1.165, 1.54) is 6.20 Å². The molecule has 1 aliphatic rings. The Balaban J connectivity index is 1.87. The number of ether oxygens (including phenoxy) is 1. The van der Waals surface area contributed by atoms with Gasteiger partial charge in [-0.3, -0.25) is 4.79 Å². The van der Waals surface area contributed by atoms with Gasteiger partial charge in [-0.15, -0.1) is 0 Å². The van der Waals surface area contributed by atoms with Gasteiger partial charge < -0.3 is 19.9 Å². The van der Waals surface area contributed by atoms with Gasteiger partial charge in [0, 0.05) is 32.7 Å². The number of aromatic nitrogens is 2. The number of piperazine rings is 1. The second-order valence-corrected chi connectivity index (χ2v) is 6.04. The van der Waals surface area contributed by atoms with Gasteiger partial charge in [0.15, 0.2) is 0 Å². The van der Waals surface area contributed by atoms with Crippen LogP contribution >= 0.6 is 0 Å². The lowest BCUT2D eigenvalue weighted by molar-refractivity contribution is 0.0565. The molecule has 1 aromatic heterocycles. The molecular formula is C16H25N5O3. The topological polar surface area (TPSA) is 87.7 Å². The number of carbonyl (C=O) groups excluding carboxylic acids is 2. The van der Waals surface area contributed by atoms with Crippen molar-refractivity contribution >= 4 is 17.8 Å². The van der Waals surface area contributed by atoms with E-state index in [4.69, 9.17) is 4.74 Å². The van der Waals surface area contributed by atoms with Gasteiger partial charge in [-0.25, -0.2) is 14.8 Å². The van der Waals surface area contributed by atoms with E-state index in [1.54, 1.807) is 22.9 Å². The van der Waals surface area contributed by atoms with Crippen LogP contribution < -0.4 is 5.32 Å². The number of rotatable bonds is 5. The van der Waals surface area contributed by atoms with E-state index in [0.717, 1.165) is 6.54 Å². The Labute approximate surface area is 142 Å². The molecule has 2 amide bonds. The SMILES string of the molecule is CCOC(=O)N1CCN(C(=O)c2cnc(NCC(C)C)cn2)CC1. The lowest BCUT2D eigenvalue weighted by atomic mass is 10.2. The molecule has 2 heterocycles. The molecule has 1 N–H and O–H groups in total. The van der Waals surface area contributed by atoms with E-state index in [-0.39, 0.29) is 12.0 Å². The minimum atomic E-state index is -0.329. The van der Waals surface area contributed by atoms with Crippen LogP contribution in [0.25, 0.3) is 0 Å². The van der Waals surface area contributed by atoms with Gasteiger partial charge in [0.2, 0.25) is 0 Å². The minimum absolute atomic E-state index is 0.165. The number of amides is 2. The highest BCUT2D eigenvalue weighted by atomic mass is 16.6. The minimum Gasteiger partial charge on any atom is -0.450 e. The Morgan fingerprint density at radius 3 is 2.38 bits per heavy atom. The molecule has 132 valence electrons. The molecule has 8 heteroatoms. The van der Waals surface area contributed by atoms with E-state index in [2.05, 4.69) is 29.1 Å². The molecule has 0 bridgehead atoms. The number of nitrogens with zero attached hydrogens (tertiary/aromatic N) is 4. The third-order valence-corrected chi connectivity index (χ3v) is 3.66. The van der Waals surface area contributed by atoms with Crippen molar-refractivity contribution in [2.45, 2.75) is 20.8 Å². The molecule has 0 unspecified atom stereocenters. The molecule has 0 spiro atoms. The average molecular weight is 335 g/mol. The summed E-state index contributed by atoms with van der Waals surface area (Å²) in [6.45, 7) is 9.00. The summed E-state index contributed by atoms with van der Waals surface area (Å²) in [5.41, 5.74) is 0.315. The van der Waals surface area contributed by atoms with Gasteiger partial charge in [-0.05, 0) is 12.8 Å². The van der Waals surface area contributed by atoms with Gasteiger partial charge in [-0.2, -0.15) is 0 Å². The Morgan fingerprint density at radius 2 is 1.83 bits per heavy atom. The first-order valence-electron chi connectivity index (χ1n) is 8.28.